The number of rotatable bonds is 6. The van der Waals surface area contributed by atoms with Gasteiger partial charge >= 0.3 is 5.97 Å². The summed E-state index contributed by atoms with van der Waals surface area (Å²) >= 11 is 1.29. The maximum atomic E-state index is 13.6. The van der Waals surface area contributed by atoms with Gasteiger partial charge in [0.2, 0.25) is 17.5 Å². The van der Waals surface area contributed by atoms with Crippen molar-refractivity contribution in [3.05, 3.63) is 40.9 Å². The molecule has 174 valence electrons. The second kappa shape index (κ2) is 8.58. The first-order valence-corrected chi connectivity index (χ1v) is 11.8. The molecule has 1 aromatic carbocycles. The summed E-state index contributed by atoms with van der Waals surface area (Å²) in [4.78, 5) is 60.5. The van der Waals surface area contributed by atoms with E-state index in [1.807, 2.05) is 20.8 Å². The van der Waals surface area contributed by atoms with Gasteiger partial charge in [0.1, 0.15) is 6.61 Å². The van der Waals surface area contributed by atoms with E-state index < -0.39 is 11.6 Å². The van der Waals surface area contributed by atoms with Crippen molar-refractivity contribution < 1.29 is 23.9 Å². The summed E-state index contributed by atoms with van der Waals surface area (Å²) in [5.74, 6) is -1.33. The molecular weight excluding hydrogens is 444 g/mol. The molecule has 1 saturated heterocycles. The van der Waals surface area contributed by atoms with E-state index >= 15 is 0 Å². The zero-order chi connectivity index (χ0) is 23.9. The van der Waals surface area contributed by atoms with Crippen LogP contribution >= 0.6 is 11.3 Å². The number of carbonyl (C=O) groups excluding carboxylic acids is 4. The summed E-state index contributed by atoms with van der Waals surface area (Å²) in [6.07, 6.45) is 0.282. The number of hydrogen-bond donors (Lipinski definition) is 0. The average Bonchev–Trinajstić information content (AvgIpc) is 3.38. The number of nitrogens with zero attached hydrogens (tertiary/aromatic N) is 4. The second-order valence-corrected chi connectivity index (χ2v) is 9.13. The molecule has 0 bridgehead atoms. The third-order valence-electron chi connectivity index (χ3n) is 5.96. The first-order chi connectivity index (χ1) is 15.7. The Kier molecular flexibility index (Phi) is 5.96. The van der Waals surface area contributed by atoms with Crippen LogP contribution in [0.5, 0.6) is 0 Å². The van der Waals surface area contributed by atoms with Gasteiger partial charge in [0.25, 0.3) is 5.91 Å². The average molecular weight is 471 g/mol. The summed E-state index contributed by atoms with van der Waals surface area (Å²) in [5, 5.41) is 2.25. The quantitative estimate of drug-likeness (QED) is 0.602. The van der Waals surface area contributed by atoms with Crippen LogP contribution < -0.4 is 9.80 Å². The molecule has 4 rings (SSSR count). The molecule has 0 spiro atoms. The molecule has 3 amide bonds. The Bertz CT molecular complexity index is 1130. The number of ether oxygens (including phenoxy) is 1. The summed E-state index contributed by atoms with van der Waals surface area (Å²) in [7, 11) is 0. The topological polar surface area (TPSA) is 100 Å². The Morgan fingerprint density at radius 2 is 2.00 bits per heavy atom. The fourth-order valence-electron chi connectivity index (χ4n) is 4.61. The lowest BCUT2D eigenvalue weighted by Gasteiger charge is -2.50. The van der Waals surface area contributed by atoms with E-state index in [4.69, 9.17) is 4.74 Å². The predicted molar refractivity (Wildman–Crippen MR) is 123 cm³/mol. The highest BCUT2D eigenvalue weighted by Gasteiger charge is 2.62. The molecule has 9 nitrogen and oxygen atoms in total. The molecule has 1 atom stereocenters. The molecule has 1 aromatic heterocycles. The molecule has 0 N–H and O–H groups in total. The van der Waals surface area contributed by atoms with Crippen molar-refractivity contribution in [2.45, 2.75) is 58.8 Å². The van der Waals surface area contributed by atoms with Gasteiger partial charge in [0.15, 0.2) is 5.13 Å². The maximum absolute atomic E-state index is 13.6. The number of carbonyl (C=O) groups is 4. The van der Waals surface area contributed by atoms with Gasteiger partial charge < -0.3 is 9.64 Å². The van der Waals surface area contributed by atoms with Crippen LogP contribution in [0.1, 0.15) is 56.6 Å². The van der Waals surface area contributed by atoms with Crippen LogP contribution in [-0.4, -0.2) is 51.8 Å². The van der Waals surface area contributed by atoms with Crippen LogP contribution in [0.4, 0.5) is 10.8 Å². The first kappa shape index (κ1) is 22.9. The van der Waals surface area contributed by atoms with E-state index in [1.54, 1.807) is 29.6 Å². The summed E-state index contributed by atoms with van der Waals surface area (Å²) < 4.78 is 5.67. The molecule has 3 heterocycles. The van der Waals surface area contributed by atoms with Crippen LogP contribution in [-0.2, 0) is 25.7 Å². The smallest absolute Gasteiger partial charge is 0.354 e. The molecule has 2 aliphatic rings. The number of aromatic nitrogens is 1. The third-order valence-corrected chi connectivity index (χ3v) is 6.87. The van der Waals surface area contributed by atoms with Gasteiger partial charge in [0.05, 0.1) is 16.9 Å². The number of thiazole rings is 1. The van der Waals surface area contributed by atoms with E-state index in [2.05, 4.69) is 4.98 Å². The number of para-hydroxylation sites is 1. The molecule has 1 unspecified atom stereocenters. The number of fused-ring (bicyclic) bond motifs is 3. The van der Waals surface area contributed by atoms with Gasteiger partial charge in [-0.05, 0) is 32.9 Å². The molecular formula is C23H26N4O5S. The molecule has 33 heavy (non-hydrogen) atoms. The Morgan fingerprint density at radius 3 is 2.67 bits per heavy atom. The minimum Gasteiger partial charge on any atom is -0.456 e. The standard InChI is InChI=1S/C23H26N4O5S/c1-5-25(15(4)28)22-24-16(13-33-22)12-32-21(31)23-11-10-19(29)27(23)18-9-7-6-8-17(18)20(30)26(23)14(2)3/h6-9,13-14H,5,10-12H2,1-4H3. The highest BCUT2D eigenvalue weighted by Crippen LogP contribution is 2.46. The molecule has 10 heteroatoms. The molecule has 1 fully saturated rings. The number of anilines is 2. The SMILES string of the molecule is CCN(C(C)=O)c1nc(COC(=O)C23CCC(=O)N2c2ccccc2C(=O)N3C(C)C)cs1. The monoisotopic (exact) mass is 470 g/mol. The van der Waals surface area contributed by atoms with Gasteiger partial charge in [-0.15, -0.1) is 11.3 Å². The highest BCUT2D eigenvalue weighted by molar-refractivity contribution is 7.14. The van der Waals surface area contributed by atoms with Crippen molar-refractivity contribution in [1.29, 1.82) is 0 Å². The van der Waals surface area contributed by atoms with E-state index in [1.165, 1.54) is 33.0 Å². The summed E-state index contributed by atoms with van der Waals surface area (Å²) in [5.41, 5.74) is -0.230. The Morgan fingerprint density at radius 1 is 1.27 bits per heavy atom. The van der Waals surface area contributed by atoms with Crippen LogP contribution in [0.25, 0.3) is 0 Å². The molecule has 0 radical (unpaired) electrons. The third kappa shape index (κ3) is 3.58. The van der Waals surface area contributed by atoms with E-state index in [9.17, 15) is 19.2 Å². The molecule has 2 aromatic rings. The first-order valence-electron chi connectivity index (χ1n) is 10.9. The van der Waals surface area contributed by atoms with Crippen molar-refractivity contribution in [2.24, 2.45) is 0 Å². The van der Waals surface area contributed by atoms with Gasteiger partial charge in [-0.25, -0.2) is 9.78 Å². The lowest BCUT2D eigenvalue weighted by atomic mass is 9.95. The Labute approximate surface area is 195 Å². The summed E-state index contributed by atoms with van der Waals surface area (Å²) in [6, 6.07) is 6.49. The van der Waals surface area contributed by atoms with Crippen LogP contribution in [0.3, 0.4) is 0 Å². The van der Waals surface area contributed by atoms with Crippen molar-refractivity contribution in [1.82, 2.24) is 9.88 Å². The van der Waals surface area contributed by atoms with Gasteiger partial charge in [0, 0.05) is 37.7 Å². The lowest BCUT2D eigenvalue weighted by molar-refractivity contribution is -0.159. The largest absolute Gasteiger partial charge is 0.456 e. The van der Waals surface area contributed by atoms with Crippen molar-refractivity contribution in [3.8, 4) is 0 Å². The normalized spacial score (nSPS) is 19.5. The summed E-state index contributed by atoms with van der Waals surface area (Å²) in [6.45, 7) is 7.30. The van der Waals surface area contributed by atoms with Crippen molar-refractivity contribution >= 4 is 45.8 Å². The zero-order valence-electron chi connectivity index (χ0n) is 19.0. The molecule has 2 aliphatic heterocycles. The molecule has 0 saturated carbocycles. The van der Waals surface area contributed by atoms with E-state index in [-0.39, 0.29) is 43.2 Å². The predicted octanol–water partition coefficient (Wildman–Crippen LogP) is 2.95. The number of esters is 1. The van der Waals surface area contributed by atoms with Crippen LogP contribution in [0.15, 0.2) is 29.6 Å². The Hall–Kier alpha value is -3.27. The highest BCUT2D eigenvalue weighted by atomic mass is 32.1. The van der Waals surface area contributed by atoms with Crippen LogP contribution in [0, 0.1) is 0 Å². The van der Waals surface area contributed by atoms with Gasteiger partial charge in [-0.1, -0.05) is 12.1 Å². The zero-order valence-corrected chi connectivity index (χ0v) is 19.8. The van der Waals surface area contributed by atoms with Gasteiger partial charge in [-0.2, -0.15) is 0 Å². The van der Waals surface area contributed by atoms with Crippen LogP contribution in [0.2, 0.25) is 0 Å². The fraction of sp³-hybridized carbons (Fsp3) is 0.435. The number of amides is 3. The second-order valence-electron chi connectivity index (χ2n) is 8.29. The number of benzene rings is 1. The van der Waals surface area contributed by atoms with Crippen molar-refractivity contribution in [3.63, 3.8) is 0 Å². The Balaban J connectivity index is 1.66. The minimum absolute atomic E-state index is 0.124. The van der Waals surface area contributed by atoms with Crippen molar-refractivity contribution in [2.75, 3.05) is 16.3 Å². The maximum Gasteiger partial charge on any atom is 0.354 e. The van der Waals surface area contributed by atoms with Gasteiger partial charge in [-0.3, -0.25) is 24.2 Å². The van der Waals surface area contributed by atoms with E-state index in [0.717, 1.165) is 0 Å². The minimum atomic E-state index is -1.54. The van der Waals surface area contributed by atoms with E-state index in [0.29, 0.717) is 28.6 Å². The lowest BCUT2D eigenvalue weighted by Crippen LogP contribution is -2.70. The molecule has 0 aliphatic carbocycles. The number of hydrogen-bond acceptors (Lipinski definition) is 7. The fourth-order valence-corrected chi connectivity index (χ4v) is 5.52.